The molecular weight excluding hydrogens is 188 g/mol. The molecule has 0 atom stereocenters. The number of benzene rings is 1. The fourth-order valence-electron chi connectivity index (χ4n) is 1.48. The van der Waals surface area contributed by atoms with Gasteiger partial charge in [-0.2, -0.15) is 0 Å². The van der Waals surface area contributed by atoms with Crippen LogP contribution < -0.4 is 5.73 Å². The zero-order valence-electron chi connectivity index (χ0n) is 8.73. The first kappa shape index (κ1) is 9.93. The molecule has 0 amide bonds. The van der Waals surface area contributed by atoms with Gasteiger partial charge in [-0.3, -0.25) is 0 Å². The van der Waals surface area contributed by atoms with E-state index in [1.165, 1.54) is 5.56 Å². The van der Waals surface area contributed by atoms with E-state index in [-0.39, 0.29) is 0 Å². The van der Waals surface area contributed by atoms with Gasteiger partial charge in [0.05, 0.1) is 6.20 Å². The molecule has 0 unspecified atom stereocenters. The summed E-state index contributed by atoms with van der Waals surface area (Å²) in [6.07, 6.45) is 2.48. The zero-order valence-corrected chi connectivity index (χ0v) is 8.73. The van der Waals surface area contributed by atoms with E-state index in [0.29, 0.717) is 12.4 Å². The Morgan fingerprint density at radius 3 is 3.00 bits per heavy atom. The molecule has 1 aromatic carbocycles. The summed E-state index contributed by atoms with van der Waals surface area (Å²) in [6.45, 7) is 2.63. The first-order valence-electron chi connectivity index (χ1n) is 5.01. The third-order valence-electron chi connectivity index (χ3n) is 2.21. The molecule has 0 bridgehead atoms. The fraction of sp³-hybridized carbons (Fsp3) is 0.250. The van der Waals surface area contributed by atoms with Gasteiger partial charge in [0.2, 0.25) is 5.89 Å². The monoisotopic (exact) mass is 202 g/mol. The average molecular weight is 202 g/mol. The summed E-state index contributed by atoms with van der Waals surface area (Å²) < 4.78 is 5.57. The molecule has 3 nitrogen and oxygen atoms in total. The SMILES string of the molecule is Cc1cccc(-c2ncc(CCN)o2)c1. The van der Waals surface area contributed by atoms with Gasteiger partial charge in [-0.05, 0) is 25.6 Å². The van der Waals surface area contributed by atoms with E-state index in [9.17, 15) is 0 Å². The maximum Gasteiger partial charge on any atom is 0.226 e. The van der Waals surface area contributed by atoms with Gasteiger partial charge >= 0.3 is 0 Å². The molecule has 2 N–H and O–H groups in total. The molecule has 1 heterocycles. The second-order valence-corrected chi connectivity index (χ2v) is 3.54. The summed E-state index contributed by atoms with van der Waals surface area (Å²) in [5.74, 6) is 1.51. The molecule has 2 aromatic rings. The van der Waals surface area contributed by atoms with E-state index in [1.54, 1.807) is 6.20 Å². The normalized spacial score (nSPS) is 10.5. The van der Waals surface area contributed by atoms with E-state index in [4.69, 9.17) is 10.2 Å². The predicted molar refractivity (Wildman–Crippen MR) is 59.4 cm³/mol. The summed E-state index contributed by atoms with van der Waals surface area (Å²) in [5.41, 5.74) is 7.66. The van der Waals surface area contributed by atoms with Gasteiger partial charge in [0, 0.05) is 12.0 Å². The Balaban J connectivity index is 2.29. The largest absolute Gasteiger partial charge is 0.441 e. The lowest BCUT2D eigenvalue weighted by Gasteiger charge is -1.96. The highest BCUT2D eigenvalue weighted by Crippen LogP contribution is 2.19. The minimum atomic E-state index is 0.586. The van der Waals surface area contributed by atoms with Crippen LogP contribution in [0.25, 0.3) is 11.5 Å². The lowest BCUT2D eigenvalue weighted by atomic mass is 10.1. The average Bonchev–Trinajstić information content (AvgIpc) is 2.67. The van der Waals surface area contributed by atoms with Crippen LogP contribution in [-0.4, -0.2) is 11.5 Å². The molecule has 15 heavy (non-hydrogen) atoms. The van der Waals surface area contributed by atoms with Crippen molar-refractivity contribution in [2.45, 2.75) is 13.3 Å². The highest BCUT2D eigenvalue weighted by molar-refractivity contribution is 5.54. The van der Waals surface area contributed by atoms with E-state index in [2.05, 4.69) is 11.1 Å². The van der Waals surface area contributed by atoms with Crippen LogP contribution in [-0.2, 0) is 6.42 Å². The molecule has 2 rings (SSSR count). The van der Waals surface area contributed by atoms with Crippen LogP contribution in [0, 0.1) is 6.92 Å². The van der Waals surface area contributed by atoms with Crippen LogP contribution >= 0.6 is 0 Å². The summed E-state index contributed by atoms with van der Waals surface area (Å²) >= 11 is 0. The van der Waals surface area contributed by atoms with Crippen molar-refractivity contribution in [2.24, 2.45) is 5.73 Å². The molecule has 78 valence electrons. The summed E-state index contributed by atoms with van der Waals surface area (Å²) in [7, 11) is 0. The van der Waals surface area contributed by atoms with Crippen molar-refractivity contribution in [3.63, 3.8) is 0 Å². The molecule has 0 aliphatic heterocycles. The molecule has 0 saturated carbocycles. The molecule has 0 aliphatic carbocycles. The lowest BCUT2D eigenvalue weighted by Crippen LogP contribution is -2.01. The van der Waals surface area contributed by atoms with Crippen molar-refractivity contribution in [2.75, 3.05) is 6.54 Å². The molecular formula is C12H14N2O. The second-order valence-electron chi connectivity index (χ2n) is 3.54. The first-order valence-corrected chi connectivity index (χ1v) is 5.01. The number of hydrogen-bond donors (Lipinski definition) is 1. The van der Waals surface area contributed by atoms with Crippen molar-refractivity contribution in [1.82, 2.24) is 4.98 Å². The molecule has 0 saturated heterocycles. The van der Waals surface area contributed by atoms with E-state index >= 15 is 0 Å². The topological polar surface area (TPSA) is 52.0 Å². The Morgan fingerprint density at radius 2 is 2.27 bits per heavy atom. The standard InChI is InChI=1S/C12H14N2O/c1-9-3-2-4-10(7-9)12-14-8-11(15-12)5-6-13/h2-4,7-8H,5-6,13H2,1H3. The van der Waals surface area contributed by atoms with Crippen LogP contribution in [0.3, 0.4) is 0 Å². The van der Waals surface area contributed by atoms with Crippen LogP contribution in [0.2, 0.25) is 0 Å². The zero-order chi connectivity index (χ0) is 10.7. The number of oxazole rings is 1. The van der Waals surface area contributed by atoms with Crippen LogP contribution in [0.4, 0.5) is 0 Å². The van der Waals surface area contributed by atoms with Gasteiger partial charge in [0.1, 0.15) is 5.76 Å². The van der Waals surface area contributed by atoms with Crippen molar-refractivity contribution < 1.29 is 4.42 Å². The quantitative estimate of drug-likeness (QED) is 0.829. The lowest BCUT2D eigenvalue weighted by molar-refractivity contribution is 0.519. The summed E-state index contributed by atoms with van der Waals surface area (Å²) in [4.78, 5) is 4.22. The van der Waals surface area contributed by atoms with Crippen molar-refractivity contribution in [3.8, 4) is 11.5 Å². The second kappa shape index (κ2) is 4.28. The first-order chi connectivity index (χ1) is 7.29. The van der Waals surface area contributed by atoms with Crippen LogP contribution in [0.15, 0.2) is 34.9 Å². The molecule has 0 aliphatic rings. The van der Waals surface area contributed by atoms with Crippen molar-refractivity contribution in [1.29, 1.82) is 0 Å². The minimum Gasteiger partial charge on any atom is -0.441 e. The fourth-order valence-corrected chi connectivity index (χ4v) is 1.48. The van der Waals surface area contributed by atoms with Gasteiger partial charge in [-0.25, -0.2) is 4.98 Å². The number of nitrogens with zero attached hydrogens (tertiary/aromatic N) is 1. The molecule has 1 aromatic heterocycles. The Kier molecular flexibility index (Phi) is 2.83. The van der Waals surface area contributed by atoms with Gasteiger partial charge in [0.25, 0.3) is 0 Å². The molecule has 3 heteroatoms. The van der Waals surface area contributed by atoms with Crippen molar-refractivity contribution >= 4 is 0 Å². The maximum absolute atomic E-state index is 5.57. The predicted octanol–water partition coefficient (Wildman–Crippen LogP) is 2.15. The van der Waals surface area contributed by atoms with E-state index in [0.717, 1.165) is 17.7 Å². The van der Waals surface area contributed by atoms with E-state index in [1.807, 2.05) is 25.1 Å². The number of aryl methyl sites for hydroxylation is 1. The number of hydrogen-bond acceptors (Lipinski definition) is 3. The van der Waals surface area contributed by atoms with Gasteiger partial charge < -0.3 is 10.2 Å². The highest BCUT2D eigenvalue weighted by Gasteiger charge is 2.05. The number of aromatic nitrogens is 1. The summed E-state index contributed by atoms with van der Waals surface area (Å²) in [6, 6.07) is 8.09. The Morgan fingerprint density at radius 1 is 1.40 bits per heavy atom. The Bertz CT molecular complexity index is 448. The molecule has 0 fully saturated rings. The maximum atomic E-state index is 5.57. The van der Waals surface area contributed by atoms with Crippen LogP contribution in [0.5, 0.6) is 0 Å². The smallest absolute Gasteiger partial charge is 0.226 e. The number of nitrogens with two attached hydrogens (primary N) is 1. The Hall–Kier alpha value is -1.61. The van der Waals surface area contributed by atoms with Gasteiger partial charge in [0.15, 0.2) is 0 Å². The number of rotatable bonds is 3. The molecule has 0 radical (unpaired) electrons. The van der Waals surface area contributed by atoms with Crippen molar-refractivity contribution in [3.05, 3.63) is 41.8 Å². The van der Waals surface area contributed by atoms with Gasteiger partial charge in [-0.15, -0.1) is 0 Å². The minimum absolute atomic E-state index is 0.586. The third kappa shape index (κ3) is 2.25. The molecule has 0 spiro atoms. The Labute approximate surface area is 88.9 Å². The summed E-state index contributed by atoms with van der Waals surface area (Å²) in [5, 5.41) is 0. The van der Waals surface area contributed by atoms with Gasteiger partial charge in [-0.1, -0.05) is 17.7 Å². The van der Waals surface area contributed by atoms with Crippen LogP contribution in [0.1, 0.15) is 11.3 Å². The third-order valence-corrected chi connectivity index (χ3v) is 2.21. The van der Waals surface area contributed by atoms with E-state index < -0.39 is 0 Å². The highest BCUT2D eigenvalue weighted by atomic mass is 16.4.